The lowest BCUT2D eigenvalue weighted by atomic mass is 9.97. The smallest absolute Gasteiger partial charge is 0.407 e. The first-order chi connectivity index (χ1) is 12.6. The van der Waals surface area contributed by atoms with Crippen molar-refractivity contribution in [3.8, 4) is 0 Å². The minimum absolute atomic E-state index is 0.0336. The maximum absolute atomic E-state index is 13.1. The maximum Gasteiger partial charge on any atom is 0.407 e. The van der Waals surface area contributed by atoms with E-state index in [0.29, 0.717) is 6.42 Å². The van der Waals surface area contributed by atoms with Crippen molar-refractivity contribution in [2.24, 2.45) is 5.92 Å². The van der Waals surface area contributed by atoms with Crippen LogP contribution in [0.1, 0.15) is 39.2 Å². The highest BCUT2D eigenvalue weighted by Crippen LogP contribution is 2.23. The van der Waals surface area contributed by atoms with E-state index in [4.69, 9.17) is 4.74 Å². The van der Waals surface area contributed by atoms with Crippen LogP contribution in [0.4, 0.5) is 4.79 Å². The number of carbonyl (C=O) groups excluding carboxylic acids is 2. The second-order valence-corrected chi connectivity index (χ2v) is 8.95. The zero-order valence-corrected chi connectivity index (χ0v) is 17.2. The number of allylic oxidation sites excluding steroid dienone is 1. The number of ether oxygens (including phenoxy) is 1. The fourth-order valence-corrected chi connectivity index (χ4v) is 4.40. The van der Waals surface area contributed by atoms with Crippen LogP contribution in [-0.4, -0.2) is 38.2 Å². The molecule has 6 nitrogen and oxygen atoms in total. The van der Waals surface area contributed by atoms with Crippen molar-refractivity contribution in [3.63, 3.8) is 0 Å². The van der Waals surface area contributed by atoms with Gasteiger partial charge in [0.05, 0.1) is 17.5 Å². The quantitative estimate of drug-likeness (QED) is 0.613. The summed E-state index contributed by atoms with van der Waals surface area (Å²) >= 11 is 0. The molecular weight excluding hydrogens is 366 g/mol. The minimum Gasteiger partial charge on any atom is -0.450 e. The molecule has 1 rings (SSSR count). The van der Waals surface area contributed by atoms with Crippen molar-refractivity contribution in [3.05, 3.63) is 42.5 Å². The third-order valence-electron chi connectivity index (χ3n) is 4.04. The predicted octanol–water partition coefficient (Wildman–Crippen LogP) is 3.44. The Bertz CT molecular complexity index is 753. The first-order valence-corrected chi connectivity index (χ1v) is 10.6. The number of amides is 1. The zero-order chi connectivity index (χ0) is 20.6. The van der Waals surface area contributed by atoms with Gasteiger partial charge in [-0.3, -0.25) is 4.79 Å². The van der Waals surface area contributed by atoms with E-state index in [1.807, 2.05) is 20.8 Å². The van der Waals surface area contributed by atoms with Crippen molar-refractivity contribution < 1.29 is 22.7 Å². The third-order valence-corrected chi connectivity index (χ3v) is 6.14. The number of hydrogen-bond acceptors (Lipinski definition) is 5. The summed E-state index contributed by atoms with van der Waals surface area (Å²) in [5.41, 5.74) is 0.919. The van der Waals surface area contributed by atoms with Crippen LogP contribution in [0.5, 0.6) is 0 Å². The van der Waals surface area contributed by atoms with Crippen molar-refractivity contribution in [2.75, 3.05) is 6.61 Å². The molecule has 0 aliphatic rings. The van der Waals surface area contributed by atoms with Gasteiger partial charge in [-0.1, -0.05) is 37.6 Å². The molecule has 0 spiro atoms. The number of Topliss-reactive ketones (excluding diaryl/α,β-unsaturated/α-hetero) is 1. The topological polar surface area (TPSA) is 89.5 Å². The molecule has 0 radical (unpaired) electrons. The minimum atomic E-state index is -3.92. The number of nitrogens with one attached hydrogen (secondary N) is 1. The molecule has 7 heteroatoms. The van der Waals surface area contributed by atoms with E-state index in [0.717, 1.165) is 5.56 Å². The molecule has 0 bridgehead atoms. The highest BCUT2D eigenvalue weighted by molar-refractivity contribution is 7.92. The van der Waals surface area contributed by atoms with Crippen LogP contribution in [0.3, 0.4) is 0 Å². The van der Waals surface area contributed by atoms with E-state index in [-0.39, 0.29) is 23.8 Å². The molecule has 27 heavy (non-hydrogen) atoms. The van der Waals surface area contributed by atoms with Crippen molar-refractivity contribution >= 4 is 21.7 Å². The molecule has 1 amide bonds. The summed E-state index contributed by atoms with van der Waals surface area (Å²) in [5, 5.41) is 1.19. The van der Waals surface area contributed by atoms with E-state index < -0.39 is 33.0 Å². The first-order valence-electron chi connectivity index (χ1n) is 9.01. The van der Waals surface area contributed by atoms with Gasteiger partial charge < -0.3 is 10.1 Å². The summed E-state index contributed by atoms with van der Waals surface area (Å²) in [7, 11) is -3.92. The predicted molar refractivity (Wildman–Crippen MR) is 105 cm³/mol. The van der Waals surface area contributed by atoms with E-state index in [1.54, 1.807) is 19.1 Å². The third kappa shape index (κ3) is 6.50. The van der Waals surface area contributed by atoms with E-state index in [9.17, 15) is 18.0 Å². The first kappa shape index (κ1) is 22.9. The highest BCUT2D eigenvalue weighted by atomic mass is 32.2. The zero-order valence-electron chi connectivity index (χ0n) is 16.4. The summed E-state index contributed by atoms with van der Waals surface area (Å²) in [6.07, 6.45) is 0.954. The molecule has 0 fully saturated rings. The SMILES string of the molecule is C=CCC(C(=O)[C@H](CC(C)C)NC(=O)OCC)S(=O)(=O)c1ccc(C)cc1. The second kappa shape index (κ2) is 10.3. The molecule has 0 saturated carbocycles. The average Bonchev–Trinajstić information content (AvgIpc) is 2.58. The Morgan fingerprint density at radius 3 is 2.30 bits per heavy atom. The van der Waals surface area contributed by atoms with Crippen molar-refractivity contribution in [1.82, 2.24) is 5.32 Å². The van der Waals surface area contributed by atoms with Gasteiger partial charge in [-0.15, -0.1) is 6.58 Å². The lowest BCUT2D eigenvalue weighted by molar-refractivity contribution is -0.120. The molecule has 1 N–H and O–H groups in total. The Morgan fingerprint density at radius 1 is 1.22 bits per heavy atom. The number of hydrogen-bond donors (Lipinski definition) is 1. The molecular formula is C20H29NO5S. The van der Waals surface area contributed by atoms with Gasteiger partial charge in [0.1, 0.15) is 5.25 Å². The van der Waals surface area contributed by atoms with Gasteiger partial charge >= 0.3 is 6.09 Å². The summed E-state index contributed by atoms with van der Waals surface area (Å²) < 4.78 is 31.0. The van der Waals surface area contributed by atoms with E-state index >= 15 is 0 Å². The number of rotatable bonds is 10. The van der Waals surface area contributed by atoms with Gasteiger partial charge in [0.2, 0.25) is 0 Å². The van der Waals surface area contributed by atoms with Crippen LogP contribution in [0, 0.1) is 12.8 Å². The van der Waals surface area contributed by atoms with Crippen molar-refractivity contribution in [1.29, 1.82) is 0 Å². The summed E-state index contributed by atoms with van der Waals surface area (Å²) in [5.74, 6) is -0.482. The number of ketones is 1. The van der Waals surface area contributed by atoms with Crippen LogP contribution in [0.15, 0.2) is 41.8 Å². The number of sulfone groups is 1. The summed E-state index contributed by atoms with van der Waals surface area (Å²) in [6, 6.07) is 5.40. The van der Waals surface area contributed by atoms with E-state index in [1.165, 1.54) is 18.2 Å². The van der Waals surface area contributed by atoms with Crippen LogP contribution in [-0.2, 0) is 19.4 Å². The van der Waals surface area contributed by atoms with Gasteiger partial charge in [-0.2, -0.15) is 0 Å². The highest BCUT2D eigenvalue weighted by Gasteiger charge is 2.37. The maximum atomic E-state index is 13.1. The van der Waals surface area contributed by atoms with Crippen LogP contribution in [0.2, 0.25) is 0 Å². The fourth-order valence-electron chi connectivity index (χ4n) is 2.70. The van der Waals surface area contributed by atoms with Gasteiger partial charge in [-0.25, -0.2) is 13.2 Å². The standard InChI is InChI=1S/C20H29NO5S/c1-6-8-18(27(24,25)16-11-9-15(5)10-12-16)19(22)17(13-14(3)4)21-20(23)26-7-2/h6,9-12,14,17-18H,1,7-8,13H2,2-5H3,(H,21,23)/t17-,18?/m0/s1. The van der Waals surface area contributed by atoms with Gasteiger partial charge in [0.15, 0.2) is 15.6 Å². The molecule has 1 aromatic carbocycles. The molecule has 0 heterocycles. The number of carbonyl (C=O) groups is 2. The fraction of sp³-hybridized carbons (Fsp3) is 0.500. The Hall–Kier alpha value is -2.15. The Kier molecular flexibility index (Phi) is 8.69. The molecule has 2 atom stereocenters. The molecule has 1 aromatic rings. The van der Waals surface area contributed by atoms with Gasteiger partial charge in [-0.05, 0) is 44.7 Å². The molecule has 150 valence electrons. The van der Waals surface area contributed by atoms with E-state index in [2.05, 4.69) is 11.9 Å². The lowest BCUT2D eigenvalue weighted by Gasteiger charge is -2.24. The number of benzene rings is 1. The van der Waals surface area contributed by atoms with Crippen LogP contribution >= 0.6 is 0 Å². The Morgan fingerprint density at radius 2 is 1.81 bits per heavy atom. The Labute approximate surface area is 161 Å². The monoisotopic (exact) mass is 395 g/mol. The lowest BCUT2D eigenvalue weighted by Crippen LogP contribution is -2.48. The number of alkyl carbamates (subject to hydrolysis) is 1. The molecule has 0 saturated heterocycles. The Balaban J connectivity index is 3.23. The normalized spacial score (nSPS) is 13.7. The van der Waals surface area contributed by atoms with Crippen LogP contribution in [0.25, 0.3) is 0 Å². The largest absolute Gasteiger partial charge is 0.450 e. The molecule has 0 aliphatic heterocycles. The van der Waals surface area contributed by atoms with Gasteiger partial charge in [0.25, 0.3) is 0 Å². The summed E-state index contributed by atoms with van der Waals surface area (Å²) in [6.45, 7) is 11.0. The van der Waals surface area contributed by atoms with Crippen molar-refractivity contribution in [2.45, 2.75) is 56.7 Å². The average molecular weight is 396 g/mol. The molecule has 0 aliphatic carbocycles. The molecule has 0 aromatic heterocycles. The number of aryl methyl sites for hydroxylation is 1. The van der Waals surface area contributed by atoms with Crippen LogP contribution < -0.4 is 5.32 Å². The molecule has 1 unspecified atom stereocenters. The van der Waals surface area contributed by atoms with Gasteiger partial charge in [0, 0.05) is 0 Å². The summed E-state index contributed by atoms with van der Waals surface area (Å²) in [4.78, 5) is 25.0. The second-order valence-electron chi connectivity index (χ2n) is 6.82.